The van der Waals surface area contributed by atoms with E-state index in [4.69, 9.17) is 4.74 Å². The average Bonchev–Trinajstić information content (AvgIpc) is 2.80. The molecule has 0 amide bonds. The molecule has 0 saturated heterocycles. The van der Waals surface area contributed by atoms with Gasteiger partial charge in [-0.2, -0.15) is 0 Å². The second-order valence-corrected chi connectivity index (χ2v) is 4.61. The zero-order chi connectivity index (χ0) is 13.0. The van der Waals surface area contributed by atoms with E-state index in [1.54, 1.807) is 13.0 Å². The minimum Gasteiger partial charge on any atom is -0.463 e. The maximum atomic E-state index is 11.7. The number of carbonyl (C=O) groups excluding carboxylic acids is 2. The molecule has 0 aliphatic heterocycles. The topological polar surface area (TPSA) is 52.6 Å². The van der Waals surface area contributed by atoms with Gasteiger partial charge >= 0.3 is 11.9 Å². The molecule has 0 aliphatic rings. The molecule has 0 N–H and O–H groups in total. The predicted octanol–water partition coefficient (Wildman–Crippen LogP) is 2.62. The highest BCUT2D eigenvalue weighted by Crippen LogP contribution is 2.25. The van der Waals surface area contributed by atoms with Crippen molar-refractivity contribution in [1.82, 2.24) is 0 Å². The highest BCUT2D eigenvalue weighted by molar-refractivity contribution is 7.20. The molecule has 5 heteroatoms. The molecule has 0 bridgehead atoms. The van der Waals surface area contributed by atoms with Gasteiger partial charge in [0.05, 0.1) is 6.61 Å². The monoisotopic (exact) mass is 264 g/mol. The normalized spacial score (nSPS) is 10.3. The van der Waals surface area contributed by atoms with Gasteiger partial charge in [0.15, 0.2) is 6.61 Å². The van der Waals surface area contributed by atoms with Gasteiger partial charge in [0, 0.05) is 4.70 Å². The Hall–Kier alpha value is -1.88. The van der Waals surface area contributed by atoms with Crippen LogP contribution in [-0.4, -0.2) is 25.2 Å². The van der Waals surface area contributed by atoms with Crippen molar-refractivity contribution in [3.05, 3.63) is 35.2 Å². The maximum absolute atomic E-state index is 11.7. The summed E-state index contributed by atoms with van der Waals surface area (Å²) in [4.78, 5) is 23.2. The summed E-state index contributed by atoms with van der Waals surface area (Å²) >= 11 is 1.34. The number of benzene rings is 1. The third kappa shape index (κ3) is 2.87. The van der Waals surface area contributed by atoms with Crippen LogP contribution >= 0.6 is 11.3 Å². The summed E-state index contributed by atoms with van der Waals surface area (Å²) in [5.41, 5.74) is 0. The summed E-state index contributed by atoms with van der Waals surface area (Å²) in [6.45, 7) is 1.63. The van der Waals surface area contributed by atoms with Crippen LogP contribution in [0.3, 0.4) is 0 Å². The highest BCUT2D eigenvalue weighted by Gasteiger charge is 2.13. The van der Waals surface area contributed by atoms with Crippen LogP contribution in [0.5, 0.6) is 0 Å². The summed E-state index contributed by atoms with van der Waals surface area (Å²) in [5, 5.41) is 0.991. The molecule has 0 saturated carbocycles. The smallest absolute Gasteiger partial charge is 0.348 e. The van der Waals surface area contributed by atoms with E-state index in [1.165, 1.54) is 11.3 Å². The van der Waals surface area contributed by atoms with E-state index in [0.717, 1.165) is 10.1 Å². The van der Waals surface area contributed by atoms with Gasteiger partial charge in [0.2, 0.25) is 0 Å². The van der Waals surface area contributed by atoms with Crippen molar-refractivity contribution in [2.45, 2.75) is 6.92 Å². The van der Waals surface area contributed by atoms with Crippen LogP contribution in [0.1, 0.15) is 16.6 Å². The first-order valence-electron chi connectivity index (χ1n) is 5.52. The van der Waals surface area contributed by atoms with Crippen molar-refractivity contribution < 1.29 is 19.1 Å². The van der Waals surface area contributed by atoms with Crippen molar-refractivity contribution in [2.24, 2.45) is 0 Å². The van der Waals surface area contributed by atoms with Gasteiger partial charge in [-0.15, -0.1) is 11.3 Å². The van der Waals surface area contributed by atoms with E-state index >= 15 is 0 Å². The lowest BCUT2D eigenvalue weighted by atomic mass is 10.2. The third-order valence-corrected chi connectivity index (χ3v) is 3.35. The van der Waals surface area contributed by atoms with Crippen LogP contribution < -0.4 is 0 Å². The number of thiophene rings is 1. The lowest BCUT2D eigenvalue weighted by Gasteiger charge is -2.02. The number of rotatable bonds is 4. The fraction of sp³-hybridized carbons (Fsp3) is 0.231. The minimum absolute atomic E-state index is 0.277. The Balaban J connectivity index is 2.02. The van der Waals surface area contributed by atoms with Crippen LogP contribution in [0, 0.1) is 0 Å². The Morgan fingerprint density at radius 1 is 1.22 bits per heavy atom. The third-order valence-electron chi connectivity index (χ3n) is 2.25. The number of fused-ring (bicyclic) bond motifs is 1. The summed E-state index contributed by atoms with van der Waals surface area (Å²) in [6.07, 6.45) is 0. The Kier molecular flexibility index (Phi) is 3.94. The fourth-order valence-electron chi connectivity index (χ4n) is 1.48. The van der Waals surface area contributed by atoms with E-state index in [-0.39, 0.29) is 13.2 Å². The molecule has 0 unspecified atom stereocenters. The van der Waals surface area contributed by atoms with E-state index in [1.807, 2.05) is 24.3 Å². The van der Waals surface area contributed by atoms with Crippen LogP contribution in [0.2, 0.25) is 0 Å². The number of carbonyl (C=O) groups is 2. The lowest BCUT2D eigenvalue weighted by Crippen LogP contribution is -2.15. The molecule has 1 heterocycles. The lowest BCUT2D eigenvalue weighted by molar-refractivity contribution is -0.146. The second-order valence-electron chi connectivity index (χ2n) is 3.53. The van der Waals surface area contributed by atoms with Crippen molar-refractivity contribution in [3.8, 4) is 0 Å². The zero-order valence-corrected chi connectivity index (χ0v) is 10.7. The Morgan fingerprint density at radius 2 is 2.00 bits per heavy atom. The molecule has 0 aliphatic carbocycles. The molecule has 1 aromatic carbocycles. The molecular formula is C13H12O4S. The fourth-order valence-corrected chi connectivity index (χ4v) is 2.44. The summed E-state index contributed by atoms with van der Waals surface area (Å²) in [5.74, 6) is -1.03. The number of ether oxygens (including phenoxy) is 2. The van der Waals surface area contributed by atoms with Gasteiger partial charge < -0.3 is 9.47 Å². The van der Waals surface area contributed by atoms with Crippen molar-refractivity contribution in [2.75, 3.05) is 13.2 Å². The summed E-state index contributed by atoms with van der Waals surface area (Å²) in [7, 11) is 0. The van der Waals surface area contributed by atoms with Gasteiger partial charge in [0.25, 0.3) is 0 Å². The van der Waals surface area contributed by atoms with E-state index < -0.39 is 11.9 Å². The van der Waals surface area contributed by atoms with Crippen molar-refractivity contribution >= 4 is 33.4 Å². The number of hydrogen-bond acceptors (Lipinski definition) is 5. The van der Waals surface area contributed by atoms with Crippen molar-refractivity contribution in [3.63, 3.8) is 0 Å². The van der Waals surface area contributed by atoms with Gasteiger partial charge in [-0.25, -0.2) is 9.59 Å². The summed E-state index contributed by atoms with van der Waals surface area (Å²) in [6, 6.07) is 9.43. The average molecular weight is 264 g/mol. The summed E-state index contributed by atoms with van der Waals surface area (Å²) < 4.78 is 10.6. The second kappa shape index (κ2) is 5.64. The van der Waals surface area contributed by atoms with E-state index in [2.05, 4.69) is 4.74 Å². The van der Waals surface area contributed by atoms with Crippen LogP contribution in [0.25, 0.3) is 10.1 Å². The van der Waals surface area contributed by atoms with Gasteiger partial charge in [-0.05, 0) is 24.4 Å². The standard InChI is InChI=1S/C13H12O4S/c1-2-16-12(14)8-17-13(15)11-7-9-5-3-4-6-10(9)18-11/h3-7H,2,8H2,1H3. The van der Waals surface area contributed by atoms with E-state index in [0.29, 0.717) is 4.88 Å². The maximum Gasteiger partial charge on any atom is 0.348 e. The first-order chi connectivity index (χ1) is 8.70. The molecule has 4 nitrogen and oxygen atoms in total. The molecule has 2 rings (SSSR count). The van der Waals surface area contributed by atoms with Gasteiger partial charge in [0.1, 0.15) is 4.88 Å². The molecule has 2 aromatic rings. The highest BCUT2D eigenvalue weighted by atomic mass is 32.1. The van der Waals surface area contributed by atoms with E-state index in [9.17, 15) is 9.59 Å². The van der Waals surface area contributed by atoms with Gasteiger partial charge in [-0.3, -0.25) is 0 Å². The predicted molar refractivity (Wildman–Crippen MR) is 68.7 cm³/mol. The number of esters is 2. The minimum atomic E-state index is -0.535. The van der Waals surface area contributed by atoms with Gasteiger partial charge in [-0.1, -0.05) is 18.2 Å². The molecule has 0 spiro atoms. The largest absolute Gasteiger partial charge is 0.463 e. The van der Waals surface area contributed by atoms with Crippen LogP contribution in [0.4, 0.5) is 0 Å². The molecule has 94 valence electrons. The molecule has 0 radical (unpaired) electrons. The molecule has 0 atom stereocenters. The SMILES string of the molecule is CCOC(=O)COC(=O)c1cc2ccccc2s1. The van der Waals surface area contributed by atoms with Crippen molar-refractivity contribution in [1.29, 1.82) is 0 Å². The molecule has 0 fully saturated rings. The molecule has 1 aromatic heterocycles. The van der Waals surface area contributed by atoms with Crippen LogP contribution in [0.15, 0.2) is 30.3 Å². The Labute approximate surface area is 108 Å². The Morgan fingerprint density at radius 3 is 2.72 bits per heavy atom. The first kappa shape index (κ1) is 12.6. The molecular weight excluding hydrogens is 252 g/mol. The number of hydrogen-bond donors (Lipinski definition) is 0. The molecule has 18 heavy (non-hydrogen) atoms. The Bertz CT molecular complexity index is 540. The van der Waals surface area contributed by atoms with Crippen LogP contribution in [-0.2, 0) is 14.3 Å². The first-order valence-corrected chi connectivity index (χ1v) is 6.33. The quantitative estimate of drug-likeness (QED) is 0.796. The zero-order valence-electron chi connectivity index (χ0n) is 9.84.